The van der Waals surface area contributed by atoms with Gasteiger partial charge in [-0.1, -0.05) is 12.1 Å². The van der Waals surface area contributed by atoms with Gasteiger partial charge >= 0.3 is 5.97 Å². The zero-order valence-corrected chi connectivity index (χ0v) is 8.32. The first-order valence-electron chi connectivity index (χ1n) is 5.16. The van der Waals surface area contributed by atoms with Crippen LogP contribution in [-0.2, 0) is 0 Å². The average Bonchev–Trinajstić information content (AvgIpc) is 2.65. The lowest BCUT2D eigenvalue weighted by atomic mass is 9.95. The Morgan fingerprint density at radius 2 is 1.93 bits per heavy atom. The van der Waals surface area contributed by atoms with Gasteiger partial charge in [-0.05, 0) is 37.0 Å². The van der Waals surface area contributed by atoms with E-state index in [1.54, 1.807) is 24.3 Å². The fourth-order valence-electron chi connectivity index (χ4n) is 2.16. The lowest BCUT2D eigenvalue weighted by Gasteiger charge is -2.12. The third kappa shape index (κ3) is 2.01. The van der Waals surface area contributed by atoms with E-state index in [1.165, 1.54) is 0 Å². The Morgan fingerprint density at radius 1 is 1.27 bits per heavy atom. The van der Waals surface area contributed by atoms with Crippen molar-refractivity contribution in [1.82, 2.24) is 0 Å². The van der Waals surface area contributed by atoms with E-state index in [0.29, 0.717) is 6.42 Å². The van der Waals surface area contributed by atoms with Crippen LogP contribution in [0.1, 0.15) is 41.1 Å². The maximum atomic E-state index is 13.4. The number of halogens is 1. The molecule has 2 rings (SSSR count). The molecule has 0 heterocycles. The van der Waals surface area contributed by atoms with Gasteiger partial charge in [-0.3, -0.25) is 0 Å². The minimum Gasteiger partial charge on any atom is -0.478 e. The second-order valence-electron chi connectivity index (χ2n) is 3.98. The Bertz CT molecular complexity index is 358. The molecule has 1 fully saturated rings. The van der Waals surface area contributed by atoms with Crippen molar-refractivity contribution in [1.29, 1.82) is 0 Å². The normalized spacial score (nSPS) is 25.4. The fourth-order valence-corrected chi connectivity index (χ4v) is 2.16. The van der Waals surface area contributed by atoms with Crippen molar-refractivity contribution in [3.63, 3.8) is 0 Å². The molecule has 15 heavy (non-hydrogen) atoms. The Hall–Kier alpha value is -1.38. The molecule has 1 N–H and O–H groups in total. The molecule has 1 aliphatic rings. The molecule has 0 bridgehead atoms. The lowest BCUT2D eigenvalue weighted by molar-refractivity contribution is 0.0697. The first-order chi connectivity index (χ1) is 7.18. The van der Waals surface area contributed by atoms with Crippen LogP contribution in [0.3, 0.4) is 0 Å². The molecule has 2 atom stereocenters. The molecular formula is C12H13FO2. The van der Waals surface area contributed by atoms with Gasteiger partial charge in [0.1, 0.15) is 6.17 Å². The van der Waals surface area contributed by atoms with Gasteiger partial charge < -0.3 is 5.11 Å². The van der Waals surface area contributed by atoms with Gasteiger partial charge in [0.05, 0.1) is 5.56 Å². The predicted octanol–water partition coefficient (Wildman–Crippen LogP) is 2.99. The summed E-state index contributed by atoms with van der Waals surface area (Å²) >= 11 is 0. The molecule has 2 unspecified atom stereocenters. The number of hydrogen-bond donors (Lipinski definition) is 1. The smallest absolute Gasteiger partial charge is 0.335 e. The van der Waals surface area contributed by atoms with E-state index < -0.39 is 12.1 Å². The van der Waals surface area contributed by atoms with Gasteiger partial charge in [-0.2, -0.15) is 0 Å². The van der Waals surface area contributed by atoms with E-state index in [0.717, 1.165) is 18.4 Å². The molecule has 0 aliphatic heterocycles. The highest BCUT2D eigenvalue weighted by molar-refractivity contribution is 5.87. The van der Waals surface area contributed by atoms with Gasteiger partial charge in [0, 0.05) is 5.92 Å². The molecule has 1 aromatic rings. The highest BCUT2D eigenvalue weighted by Gasteiger charge is 2.28. The summed E-state index contributed by atoms with van der Waals surface area (Å²) < 4.78 is 13.4. The summed E-state index contributed by atoms with van der Waals surface area (Å²) in [5.41, 5.74) is 1.18. The topological polar surface area (TPSA) is 37.3 Å². The van der Waals surface area contributed by atoms with Crippen LogP contribution in [0, 0.1) is 0 Å². The number of alkyl halides is 1. The predicted molar refractivity (Wildman–Crippen MR) is 54.9 cm³/mol. The number of hydrogen-bond acceptors (Lipinski definition) is 1. The second-order valence-corrected chi connectivity index (χ2v) is 3.98. The first-order valence-corrected chi connectivity index (χ1v) is 5.16. The molecule has 2 nitrogen and oxygen atoms in total. The van der Waals surface area contributed by atoms with E-state index in [4.69, 9.17) is 5.11 Å². The molecule has 3 heteroatoms. The molecule has 0 radical (unpaired) electrons. The molecule has 0 amide bonds. The molecular weight excluding hydrogens is 195 g/mol. The SMILES string of the molecule is O=C(O)c1ccc(C2CCCC2F)cc1. The Labute approximate surface area is 87.7 Å². The van der Waals surface area contributed by atoms with Gasteiger partial charge in [0.25, 0.3) is 0 Å². The lowest BCUT2D eigenvalue weighted by Crippen LogP contribution is -2.06. The van der Waals surface area contributed by atoms with Crippen LogP contribution < -0.4 is 0 Å². The monoisotopic (exact) mass is 208 g/mol. The van der Waals surface area contributed by atoms with Crippen LogP contribution >= 0.6 is 0 Å². The summed E-state index contributed by atoms with van der Waals surface area (Å²) in [5.74, 6) is -0.974. The third-order valence-corrected chi connectivity index (χ3v) is 3.02. The van der Waals surface area contributed by atoms with Crippen molar-refractivity contribution in [2.45, 2.75) is 31.4 Å². The zero-order chi connectivity index (χ0) is 10.8. The summed E-state index contributed by atoms with van der Waals surface area (Å²) in [6, 6.07) is 6.55. The Morgan fingerprint density at radius 3 is 2.40 bits per heavy atom. The van der Waals surface area contributed by atoms with Gasteiger partial charge in [-0.15, -0.1) is 0 Å². The minimum absolute atomic E-state index is 0.0344. The van der Waals surface area contributed by atoms with Crippen LogP contribution in [0.15, 0.2) is 24.3 Å². The molecule has 1 aliphatic carbocycles. The summed E-state index contributed by atoms with van der Waals surface area (Å²) in [6.45, 7) is 0. The van der Waals surface area contributed by atoms with Crippen molar-refractivity contribution in [3.05, 3.63) is 35.4 Å². The Balaban J connectivity index is 2.19. The van der Waals surface area contributed by atoms with E-state index in [1.807, 2.05) is 0 Å². The van der Waals surface area contributed by atoms with Gasteiger partial charge in [0.15, 0.2) is 0 Å². The molecule has 0 spiro atoms. The maximum Gasteiger partial charge on any atom is 0.335 e. The van der Waals surface area contributed by atoms with Gasteiger partial charge in [0.2, 0.25) is 0 Å². The molecule has 1 aromatic carbocycles. The van der Waals surface area contributed by atoms with E-state index >= 15 is 0 Å². The quantitative estimate of drug-likeness (QED) is 0.811. The van der Waals surface area contributed by atoms with Gasteiger partial charge in [-0.25, -0.2) is 9.18 Å². The maximum absolute atomic E-state index is 13.4. The molecule has 1 saturated carbocycles. The molecule has 0 saturated heterocycles. The fraction of sp³-hybridized carbons (Fsp3) is 0.417. The number of rotatable bonds is 2. The largest absolute Gasteiger partial charge is 0.478 e. The number of carboxylic acid groups (broad SMARTS) is 1. The average molecular weight is 208 g/mol. The van der Waals surface area contributed by atoms with Crippen molar-refractivity contribution in [2.75, 3.05) is 0 Å². The zero-order valence-electron chi connectivity index (χ0n) is 8.32. The Kier molecular flexibility index (Phi) is 2.71. The summed E-state index contributed by atoms with van der Waals surface area (Å²) in [7, 11) is 0. The second kappa shape index (κ2) is 4.01. The summed E-state index contributed by atoms with van der Waals surface area (Å²) in [5, 5.41) is 8.72. The summed E-state index contributed by atoms with van der Waals surface area (Å²) in [6.07, 6.45) is 1.66. The number of aromatic carboxylic acids is 1. The van der Waals surface area contributed by atoms with E-state index in [2.05, 4.69) is 0 Å². The van der Waals surface area contributed by atoms with E-state index in [-0.39, 0.29) is 11.5 Å². The third-order valence-electron chi connectivity index (χ3n) is 3.02. The van der Waals surface area contributed by atoms with Crippen LogP contribution in [0.25, 0.3) is 0 Å². The van der Waals surface area contributed by atoms with E-state index in [9.17, 15) is 9.18 Å². The van der Waals surface area contributed by atoms with Crippen molar-refractivity contribution in [2.24, 2.45) is 0 Å². The van der Waals surface area contributed by atoms with Crippen LogP contribution in [-0.4, -0.2) is 17.2 Å². The number of benzene rings is 1. The highest BCUT2D eigenvalue weighted by atomic mass is 19.1. The summed E-state index contributed by atoms with van der Waals surface area (Å²) in [4.78, 5) is 10.6. The van der Waals surface area contributed by atoms with Crippen LogP contribution in [0.5, 0.6) is 0 Å². The minimum atomic E-state index is -0.940. The number of carbonyl (C=O) groups is 1. The highest BCUT2D eigenvalue weighted by Crippen LogP contribution is 2.36. The first kappa shape index (κ1) is 10.1. The number of carboxylic acids is 1. The molecule has 0 aromatic heterocycles. The van der Waals surface area contributed by atoms with Crippen molar-refractivity contribution >= 4 is 5.97 Å². The standard InChI is InChI=1S/C12H13FO2/c13-11-3-1-2-10(11)8-4-6-9(7-5-8)12(14)15/h4-7,10-11H,1-3H2,(H,14,15). The van der Waals surface area contributed by atoms with Crippen molar-refractivity contribution in [3.8, 4) is 0 Å². The van der Waals surface area contributed by atoms with Crippen molar-refractivity contribution < 1.29 is 14.3 Å². The van der Waals surface area contributed by atoms with Crippen LogP contribution in [0.4, 0.5) is 4.39 Å². The molecule has 80 valence electrons. The van der Waals surface area contributed by atoms with Crippen LogP contribution in [0.2, 0.25) is 0 Å².